The molecule has 0 aliphatic carbocycles. The van der Waals surface area contributed by atoms with Crippen molar-refractivity contribution in [1.29, 1.82) is 0 Å². The Morgan fingerprint density at radius 3 is 2.72 bits per heavy atom. The summed E-state index contributed by atoms with van der Waals surface area (Å²) in [5.41, 5.74) is 6.51. The first kappa shape index (κ1) is 12.9. The van der Waals surface area contributed by atoms with Crippen LogP contribution in [0.15, 0.2) is 47.6 Å². The predicted octanol–water partition coefficient (Wildman–Crippen LogP) is 2.29. The largest absolute Gasteiger partial charge is 0.399 e. The molecular weight excluding hydrogens is 272 g/mol. The number of nitrogen functional groups attached to an aromatic ring is 1. The number of halogens is 1. The highest BCUT2D eigenvalue weighted by Gasteiger charge is 2.17. The molecule has 0 unspecified atom stereocenters. The monoisotopic (exact) mass is 282 g/mol. The highest BCUT2D eigenvalue weighted by atomic mass is 35.5. The van der Waals surface area contributed by atoms with Gasteiger partial charge in [-0.1, -0.05) is 17.7 Å². The number of nitrogens with zero attached hydrogens (tertiary/aromatic N) is 1. The summed E-state index contributed by atoms with van der Waals surface area (Å²) in [6.45, 7) is 0. The van der Waals surface area contributed by atoms with E-state index in [2.05, 4.69) is 4.98 Å². The Morgan fingerprint density at radius 2 is 2.06 bits per heavy atom. The summed E-state index contributed by atoms with van der Waals surface area (Å²) < 4.78 is 24.3. The Kier molecular flexibility index (Phi) is 3.54. The molecular formula is C12H11ClN2O2S. The molecule has 0 atom stereocenters. The molecule has 6 heteroatoms. The fourth-order valence-corrected chi connectivity index (χ4v) is 3.21. The number of sulfone groups is 1. The molecule has 1 aromatic heterocycles. The average molecular weight is 283 g/mol. The molecule has 0 amide bonds. The molecule has 1 heterocycles. The molecule has 18 heavy (non-hydrogen) atoms. The Bertz CT molecular complexity index is 671. The third-order valence-electron chi connectivity index (χ3n) is 2.42. The van der Waals surface area contributed by atoms with E-state index in [9.17, 15) is 8.42 Å². The van der Waals surface area contributed by atoms with Crippen molar-refractivity contribution in [3.63, 3.8) is 0 Å². The standard InChI is InChI=1S/C12H11ClN2O2S/c13-12-7-15-5-4-9(12)8-18(16,17)11-3-1-2-10(14)6-11/h1-7H,8,14H2. The lowest BCUT2D eigenvalue weighted by Gasteiger charge is -2.06. The average Bonchev–Trinajstić information content (AvgIpc) is 2.32. The Labute approximate surface area is 110 Å². The van der Waals surface area contributed by atoms with Crippen molar-refractivity contribution in [2.24, 2.45) is 0 Å². The lowest BCUT2D eigenvalue weighted by atomic mass is 10.3. The van der Waals surface area contributed by atoms with Gasteiger partial charge in [0.15, 0.2) is 9.84 Å². The SMILES string of the molecule is Nc1cccc(S(=O)(=O)Cc2ccncc2Cl)c1. The zero-order valence-corrected chi connectivity index (χ0v) is 10.9. The van der Waals surface area contributed by atoms with Gasteiger partial charge in [0.05, 0.1) is 15.7 Å². The Hall–Kier alpha value is -1.59. The molecule has 2 N–H and O–H groups in total. The third kappa shape index (κ3) is 2.80. The van der Waals surface area contributed by atoms with Gasteiger partial charge in [-0.3, -0.25) is 4.98 Å². The van der Waals surface area contributed by atoms with Crippen LogP contribution in [0.1, 0.15) is 5.56 Å². The van der Waals surface area contributed by atoms with Crippen molar-refractivity contribution in [1.82, 2.24) is 4.98 Å². The van der Waals surface area contributed by atoms with Crippen LogP contribution >= 0.6 is 11.6 Å². The molecule has 0 spiro atoms. The highest BCUT2D eigenvalue weighted by Crippen LogP contribution is 2.22. The van der Waals surface area contributed by atoms with Crippen LogP contribution in [-0.4, -0.2) is 13.4 Å². The zero-order valence-electron chi connectivity index (χ0n) is 9.38. The molecule has 2 aromatic rings. The number of pyridine rings is 1. The summed E-state index contributed by atoms with van der Waals surface area (Å²) in [5, 5.41) is 0.338. The molecule has 1 aromatic carbocycles. The van der Waals surface area contributed by atoms with Crippen LogP contribution in [0.5, 0.6) is 0 Å². The van der Waals surface area contributed by atoms with Gasteiger partial charge in [-0.2, -0.15) is 0 Å². The maximum atomic E-state index is 12.2. The van der Waals surface area contributed by atoms with E-state index in [1.54, 1.807) is 18.2 Å². The number of anilines is 1. The second-order valence-corrected chi connectivity index (χ2v) is 6.20. The van der Waals surface area contributed by atoms with Gasteiger partial charge in [-0.15, -0.1) is 0 Å². The van der Waals surface area contributed by atoms with Crippen molar-refractivity contribution < 1.29 is 8.42 Å². The van der Waals surface area contributed by atoms with Crippen LogP contribution in [-0.2, 0) is 15.6 Å². The smallest absolute Gasteiger partial charge is 0.182 e. The van der Waals surface area contributed by atoms with Crippen molar-refractivity contribution in [3.8, 4) is 0 Å². The summed E-state index contributed by atoms with van der Waals surface area (Å²) in [7, 11) is -3.45. The molecule has 0 saturated heterocycles. The van der Waals surface area contributed by atoms with E-state index >= 15 is 0 Å². The summed E-state index contributed by atoms with van der Waals surface area (Å²) in [5.74, 6) is -0.169. The van der Waals surface area contributed by atoms with Gasteiger partial charge < -0.3 is 5.73 Å². The minimum Gasteiger partial charge on any atom is -0.399 e. The minimum atomic E-state index is -3.45. The van der Waals surface area contributed by atoms with Crippen LogP contribution < -0.4 is 5.73 Å². The maximum absolute atomic E-state index is 12.2. The predicted molar refractivity (Wildman–Crippen MR) is 71.0 cm³/mol. The number of benzene rings is 1. The minimum absolute atomic E-state index is 0.169. The molecule has 0 saturated carbocycles. The van der Waals surface area contributed by atoms with Gasteiger partial charge in [0.2, 0.25) is 0 Å². The fraction of sp³-hybridized carbons (Fsp3) is 0.0833. The van der Waals surface area contributed by atoms with Crippen LogP contribution in [0.2, 0.25) is 5.02 Å². The molecule has 2 rings (SSSR count). The van der Waals surface area contributed by atoms with E-state index < -0.39 is 9.84 Å². The molecule has 0 radical (unpaired) electrons. The summed E-state index contributed by atoms with van der Waals surface area (Å²) in [6.07, 6.45) is 2.93. The van der Waals surface area contributed by atoms with E-state index in [-0.39, 0.29) is 10.6 Å². The van der Waals surface area contributed by atoms with Crippen LogP contribution in [0.3, 0.4) is 0 Å². The lowest BCUT2D eigenvalue weighted by molar-refractivity contribution is 0.595. The van der Waals surface area contributed by atoms with Crippen molar-refractivity contribution in [2.75, 3.05) is 5.73 Å². The van der Waals surface area contributed by atoms with Crippen molar-refractivity contribution >= 4 is 27.1 Å². The molecule has 0 aliphatic heterocycles. The quantitative estimate of drug-likeness (QED) is 0.877. The van der Waals surface area contributed by atoms with E-state index in [1.807, 2.05) is 0 Å². The first-order valence-corrected chi connectivity index (χ1v) is 7.19. The van der Waals surface area contributed by atoms with Gasteiger partial charge in [0.1, 0.15) is 0 Å². The first-order chi connectivity index (χ1) is 8.49. The van der Waals surface area contributed by atoms with E-state index in [4.69, 9.17) is 17.3 Å². The molecule has 4 nitrogen and oxygen atoms in total. The molecule has 0 aliphatic rings. The molecule has 0 bridgehead atoms. The van der Waals surface area contributed by atoms with Crippen LogP contribution in [0.25, 0.3) is 0 Å². The van der Waals surface area contributed by atoms with Crippen LogP contribution in [0, 0.1) is 0 Å². The third-order valence-corrected chi connectivity index (χ3v) is 4.42. The second kappa shape index (κ2) is 4.96. The first-order valence-electron chi connectivity index (χ1n) is 5.16. The number of rotatable bonds is 3. The fourth-order valence-electron chi connectivity index (χ4n) is 1.52. The second-order valence-electron chi connectivity index (χ2n) is 3.80. The van der Waals surface area contributed by atoms with E-state index in [0.29, 0.717) is 16.3 Å². The summed E-state index contributed by atoms with van der Waals surface area (Å²) >= 11 is 5.90. The highest BCUT2D eigenvalue weighted by molar-refractivity contribution is 7.90. The van der Waals surface area contributed by atoms with E-state index in [1.165, 1.54) is 24.5 Å². The summed E-state index contributed by atoms with van der Waals surface area (Å²) in [6, 6.07) is 7.78. The van der Waals surface area contributed by atoms with Crippen molar-refractivity contribution in [3.05, 3.63) is 53.3 Å². The number of hydrogen-bond acceptors (Lipinski definition) is 4. The maximum Gasteiger partial charge on any atom is 0.182 e. The number of aromatic nitrogens is 1. The van der Waals surface area contributed by atoms with Crippen molar-refractivity contribution in [2.45, 2.75) is 10.6 Å². The zero-order chi connectivity index (χ0) is 13.2. The normalized spacial score (nSPS) is 11.4. The summed E-state index contributed by atoms with van der Waals surface area (Å²) in [4.78, 5) is 4.01. The van der Waals surface area contributed by atoms with Crippen LogP contribution in [0.4, 0.5) is 5.69 Å². The van der Waals surface area contributed by atoms with Gasteiger partial charge in [-0.05, 0) is 29.8 Å². The van der Waals surface area contributed by atoms with Gasteiger partial charge in [0.25, 0.3) is 0 Å². The molecule has 0 fully saturated rings. The topological polar surface area (TPSA) is 73.1 Å². The van der Waals surface area contributed by atoms with Gasteiger partial charge in [-0.25, -0.2) is 8.42 Å². The Balaban J connectivity index is 2.37. The van der Waals surface area contributed by atoms with Gasteiger partial charge in [0, 0.05) is 18.1 Å². The number of nitrogens with two attached hydrogens (primary N) is 1. The van der Waals surface area contributed by atoms with E-state index in [0.717, 1.165) is 0 Å². The molecule has 94 valence electrons. The van der Waals surface area contributed by atoms with Gasteiger partial charge >= 0.3 is 0 Å². The lowest BCUT2D eigenvalue weighted by Crippen LogP contribution is -2.06. The Morgan fingerprint density at radius 1 is 1.28 bits per heavy atom. The number of hydrogen-bond donors (Lipinski definition) is 1.